The third-order valence-electron chi connectivity index (χ3n) is 1.52. The van der Waals surface area contributed by atoms with Gasteiger partial charge in [0.15, 0.2) is 0 Å². The van der Waals surface area contributed by atoms with Gasteiger partial charge in [0.1, 0.15) is 18.6 Å². The average Bonchev–Trinajstić information content (AvgIpc) is 2.03. The first-order valence-corrected chi connectivity index (χ1v) is 3.73. The van der Waals surface area contributed by atoms with Crippen molar-refractivity contribution in [3.8, 4) is 5.75 Å². The Morgan fingerprint density at radius 2 is 2.33 bits per heavy atom. The van der Waals surface area contributed by atoms with Crippen LogP contribution in [0.2, 0.25) is 0 Å². The van der Waals surface area contributed by atoms with E-state index in [0.717, 1.165) is 5.56 Å². The maximum atomic E-state index is 10.8. The summed E-state index contributed by atoms with van der Waals surface area (Å²) in [7, 11) is 3.29. The summed E-state index contributed by atoms with van der Waals surface area (Å²) < 4.78 is 4.78. The number of ether oxygens (including phenoxy) is 1. The van der Waals surface area contributed by atoms with E-state index >= 15 is 0 Å². The Morgan fingerprint density at radius 1 is 1.58 bits per heavy atom. The SMILES string of the molecule is [CH2]Oc1cccc(CC(C)=O)c1. The van der Waals surface area contributed by atoms with Crippen molar-refractivity contribution in [2.75, 3.05) is 0 Å². The van der Waals surface area contributed by atoms with Gasteiger partial charge in [0, 0.05) is 6.42 Å². The molecule has 1 aromatic carbocycles. The van der Waals surface area contributed by atoms with Crippen LogP contribution in [0.5, 0.6) is 5.75 Å². The minimum atomic E-state index is 0.149. The summed E-state index contributed by atoms with van der Waals surface area (Å²) in [5, 5.41) is 0. The van der Waals surface area contributed by atoms with Gasteiger partial charge in [0.2, 0.25) is 0 Å². The molecule has 0 spiro atoms. The van der Waals surface area contributed by atoms with Gasteiger partial charge in [-0.15, -0.1) is 0 Å². The second-order valence-electron chi connectivity index (χ2n) is 2.67. The predicted octanol–water partition coefficient (Wildman–Crippen LogP) is 1.99. The number of rotatable bonds is 3. The second kappa shape index (κ2) is 3.90. The molecule has 0 atom stereocenters. The van der Waals surface area contributed by atoms with Crippen molar-refractivity contribution in [2.45, 2.75) is 13.3 Å². The van der Waals surface area contributed by atoms with E-state index in [-0.39, 0.29) is 5.78 Å². The predicted molar refractivity (Wildman–Crippen MR) is 46.8 cm³/mol. The Morgan fingerprint density at radius 3 is 2.92 bits per heavy atom. The van der Waals surface area contributed by atoms with Gasteiger partial charge in [-0.2, -0.15) is 0 Å². The Kier molecular flexibility index (Phi) is 2.86. The second-order valence-corrected chi connectivity index (χ2v) is 2.67. The fraction of sp³-hybridized carbons (Fsp3) is 0.200. The van der Waals surface area contributed by atoms with Crippen LogP contribution in [0.15, 0.2) is 24.3 Å². The summed E-state index contributed by atoms with van der Waals surface area (Å²) >= 11 is 0. The fourth-order valence-corrected chi connectivity index (χ4v) is 1.03. The van der Waals surface area contributed by atoms with Gasteiger partial charge in [-0.25, -0.2) is 0 Å². The highest BCUT2D eigenvalue weighted by molar-refractivity contribution is 5.78. The van der Waals surface area contributed by atoms with Crippen molar-refractivity contribution in [1.29, 1.82) is 0 Å². The molecule has 0 aromatic heterocycles. The number of benzene rings is 1. The first-order valence-electron chi connectivity index (χ1n) is 3.73. The standard InChI is InChI=1S/C10H11O2/c1-8(11)6-9-4-3-5-10(7-9)12-2/h3-5,7H,2,6H2,1H3. The molecule has 12 heavy (non-hydrogen) atoms. The third kappa shape index (κ3) is 2.38. The minimum absolute atomic E-state index is 0.149. The summed E-state index contributed by atoms with van der Waals surface area (Å²) in [5.74, 6) is 0.838. The number of ketones is 1. The van der Waals surface area contributed by atoms with Crippen LogP contribution in [0.4, 0.5) is 0 Å². The highest BCUT2D eigenvalue weighted by Gasteiger charge is 1.98. The van der Waals surface area contributed by atoms with E-state index in [1.54, 1.807) is 13.0 Å². The molecule has 1 rings (SSSR count). The molecular formula is C10H11O2. The molecule has 0 aliphatic rings. The zero-order chi connectivity index (χ0) is 8.97. The van der Waals surface area contributed by atoms with Gasteiger partial charge < -0.3 is 4.74 Å². The number of carbonyl (C=O) groups is 1. The smallest absolute Gasteiger partial charge is 0.134 e. The number of carbonyl (C=O) groups excluding carboxylic acids is 1. The zero-order valence-corrected chi connectivity index (χ0v) is 7.04. The zero-order valence-electron chi connectivity index (χ0n) is 7.04. The number of Topliss-reactive ketones (excluding diaryl/α,β-unsaturated/α-hetero) is 1. The van der Waals surface area contributed by atoms with Crippen LogP contribution in [-0.2, 0) is 11.2 Å². The van der Waals surface area contributed by atoms with E-state index in [2.05, 4.69) is 7.11 Å². The summed E-state index contributed by atoms with van der Waals surface area (Å²) in [5.41, 5.74) is 0.962. The Balaban J connectivity index is 2.79. The molecule has 0 fully saturated rings. The quantitative estimate of drug-likeness (QED) is 0.681. The molecule has 0 amide bonds. The molecule has 0 N–H and O–H groups in total. The van der Waals surface area contributed by atoms with E-state index in [0.29, 0.717) is 12.2 Å². The van der Waals surface area contributed by atoms with Crippen LogP contribution >= 0.6 is 0 Å². The molecular weight excluding hydrogens is 152 g/mol. The largest absolute Gasteiger partial charge is 0.490 e. The van der Waals surface area contributed by atoms with Crippen LogP contribution in [-0.4, -0.2) is 5.78 Å². The van der Waals surface area contributed by atoms with Crippen LogP contribution < -0.4 is 4.74 Å². The van der Waals surface area contributed by atoms with Gasteiger partial charge in [-0.3, -0.25) is 4.79 Å². The maximum absolute atomic E-state index is 10.8. The van der Waals surface area contributed by atoms with Crippen molar-refractivity contribution < 1.29 is 9.53 Å². The molecule has 2 heteroatoms. The highest BCUT2D eigenvalue weighted by Crippen LogP contribution is 2.13. The molecule has 0 aliphatic carbocycles. The van der Waals surface area contributed by atoms with Crippen LogP contribution in [0.1, 0.15) is 12.5 Å². The lowest BCUT2D eigenvalue weighted by molar-refractivity contribution is -0.116. The van der Waals surface area contributed by atoms with Crippen LogP contribution in [0, 0.1) is 7.11 Å². The van der Waals surface area contributed by atoms with Crippen molar-refractivity contribution in [1.82, 2.24) is 0 Å². The molecule has 0 bridgehead atoms. The molecule has 0 heterocycles. The normalized spacial score (nSPS) is 9.50. The summed E-state index contributed by atoms with van der Waals surface area (Å²) in [4.78, 5) is 10.8. The molecule has 0 aliphatic heterocycles. The van der Waals surface area contributed by atoms with Crippen molar-refractivity contribution >= 4 is 5.78 Å². The maximum Gasteiger partial charge on any atom is 0.134 e. The number of hydrogen-bond acceptors (Lipinski definition) is 2. The topological polar surface area (TPSA) is 26.3 Å². The van der Waals surface area contributed by atoms with Crippen LogP contribution in [0.3, 0.4) is 0 Å². The molecule has 0 saturated carbocycles. The Labute approximate surface area is 72.2 Å². The van der Waals surface area contributed by atoms with E-state index in [1.807, 2.05) is 18.2 Å². The van der Waals surface area contributed by atoms with E-state index in [4.69, 9.17) is 4.74 Å². The lowest BCUT2D eigenvalue weighted by atomic mass is 10.1. The van der Waals surface area contributed by atoms with Gasteiger partial charge in [0.05, 0.1) is 0 Å². The summed E-state index contributed by atoms with van der Waals surface area (Å²) in [6.45, 7) is 1.57. The van der Waals surface area contributed by atoms with Crippen molar-refractivity contribution in [3.63, 3.8) is 0 Å². The molecule has 0 saturated heterocycles. The van der Waals surface area contributed by atoms with Crippen molar-refractivity contribution in [2.24, 2.45) is 0 Å². The lowest BCUT2D eigenvalue weighted by Gasteiger charge is -2.01. The first kappa shape index (κ1) is 8.78. The molecule has 1 radical (unpaired) electrons. The molecule has 63 valence electrons. The highest BCUT2D eigenvalue weighted by atomic mass is 16.5. The monoisotopic (exact) mass is 163 g/mol. The summed E-state index contributed by atoms with van der Waals surface area (Å²) in [6.07, 6.45) is 0.456. The van der Waals surface area contributed by atoms with Gasteiger partial charge in [-0.05, 0) is 24.6 Å². The van der Waals surface area contributed by atoms with Gasteiger partial charge in [0.25, 0.3) is 0 Å². The molecule has 1 aromatic rings. The molecule has 0 unspecified atom stereocenters. The van der Waals surface area contributed by atoms with E-state index in [1.165, 1.54) is 0 Å². The fourth-order valence-electron chi connectivity index (χ4n) is 1.03. The van der Waals surface area contributed by atoms with Crippen LogP contribution in [0.25, 0.3) is 0 Å². The minimum Gasteiger partial charge on any atom is -0.490 e. The summed E-state index contributed by atoms with van der Waals surface area (Å²) in [6, 6.07) is 7.35. The third-order valence-corrected chi connectivity index (χ3v) is 1.52. The number of hydrogen-bond donors (Lipinski definition) is 0. The van der Waals surface area contributed by atoms with E-state index < -0.39 is 0 Å². The average molecular weight is 163 g/mol. The van der Waals surface area contributed by atoms with Crippen molar-refractivity contribution in [3.05, 3.63) is 36.9 Å². The Hall–Kier alpha value is -1.31. The van der Waals surface area contributed by atoms with Gasteiger partial charge >= 0.3 is 0 Å². The van der Waals surface area contributed by atoms with Gasteiger partial charge in [-0.1, -0.05) is 12.1 Å². The molecule has 2 nitrogen and oxygen atoms in total. The lowest BCUT2D eigenvalue weighted by Crippen LogP contribution is -1.95. The van der Waals surface area contributed by atoms with E-state index in [9.17, 15) is 4.79 Å². The Bertz CT molecular complexity index is 279. The first-order chi connectivity index (χ1) is 5.72.